The molecule has 1 aliphatic rings. The van der Waals surface area contributed by atoms with Crippen LogP contribution in [-0.2, 0) is 30.3 Å². The van der Waals surface area contributed by atoms with Gasteiger partial charge in [0.15, 0.2) is 5.11 Å². The van der Waals surface area contributed by atoms with Gasteiger partial charge in [-0.05, 0) is 24.2 Å². The summed E-state index contributed by atoms with van der Waals surface area (Å²) in [5.74, 6) is -1.08. The first-order valence-electron chi connectivity index (χ1n) is 9.08. The average Bonchev–Trinajstić information content (AvgIpc) is 2.69. The summed E-state index contributed by atoms with van der Waals surface area (Å²) >= 11 is 5.31. The number of hydrogen-bond acceptors (Lipinski definition) is 6. The van der Waals surface area contributed by atoms with Crippen molar-refractivity contribution in [2.45, 2.75) is 25.3 Å². The van der Waals surface area contributed by atoms with Gasteiger partial charge in [-0.3, -0.25) is 14.4 Å². The number of carbonyl (C=O) groups is 3. The van der Waals surface area contributed by atoms with E-state index in [-0.39, 0.29) is 43.0 Å². The number of methoxy groups -OCH3 is 1. The van der Waals surface area contributed by atoms with Crippen molar-refractivity contribution >= 4 is 35.1 Å². The molecular weight excluding hydrogens is 382 g/mol. The molecule has 2 amide bonds. The van der Waals surface area contributed by atoms with Crippen molar-refractivity contribution < 1.29 is 23.9 Å². The Morgan fingerprint density at radius 2 is 2.04 bits per heavy atom. The molecule has 1 aromatic rings. The largest absolute Gasteiger partial charge is 0.463 e. The molecule has 2 N–H and O–H groups in total. The zero-order valence-corrected chi connectivity index (χ0v) is 16.6. The third kappa shape index (κ3) is 6.90. The van der Waals surface area contributed by atoms with Gasteiger partial charge in [-0.25, -0.2) is 0 Å². The lowest BCUT2D eigenvalue weighted by Crippen LogP contribution is -2.60. The molecular formula is C19H25N3O5S. The van der Waals surface area contributed by atoms with E-state index in [0.29, 0.717) is 19.5 Å². The molecule has 1 aliphatic heterocycles. The van der Waals surface area contributed by atoms with Crippen molar-refractivity contribution in [1.82, 2.24) is 15.5 Å². The van der Waals surface area contributed by atoms with E-state index in [1.54, 1.807) is 4.90 Å². The summed E-state index contributed by atoms with van der Waals surface area (Å²) in [6.07, 6.45) is 0.703. The SMILES string of the molecule is COCCOC(=O)CC1C(=O)NCCN1C(=S)NC(=O)CCc1ccccc1. The van der Waals surface area contributed by atoms with Gasteiger partial charge in [-0.2, -0.15) is 0 Å². The summed E-state index contributed by atoms with van der Waals surface area (Å²) in [6.45, 7) is 1.18. The topological polar surface area (TPSA) is 97.0 Å². The number of nitrogens with zero attached hydrogens (tertiary/aromatic N) is 1. The van der Waals surface area contributed by atoms with Gasteiger partial charge >= 0.3 is 5.97 Å². The van der Waals surface area contributed by atoms with Gasteiger partial charge in [0, 0.05) is 26.6 Å². The lowest BCUT2D eigenvalue weighted by molar-refractivity contribution is -0.148. The van der Waals surface area contributed by atoms with E-state index >= 15 is 0 Å². The summed E-state index contributed by atoms with van der Waals surface area (Å²) in [5.41, 5.74) is 1.05. The molecule has 1 fully saturated rings. The second-order valence-electron chi connectivity index (χ2n) is 6.26. The van der Waals surface area contributed by atoms with Crippen molar-refractivity contribution in [3.05, 3.63) is 35.9 Å². The fourth-order valence-electron chi connectivity index (χ4n) is 2.77. The minimum atomic E-state index is -0.814. The number of benzene rings is 1. The minimum absolute atomic E-state index is 0.115. The molecule has 0 aromatic heterocycles. The third-order valence-electron chi connectivity index (χ3n) is 4.23. The van der Waals surface area contributed by atoms with Gasteiger partial charge in [-0.15, -0.1) is 0 Å². The highest BCUT2D eigenvalue weighted by atomic mass is 32.1. The number of hydrogen-bond donors (Lipinski definition) is 2. The third-order valence-corrected chi connectivity index (χ3v) is 4.57. The molecule has 152 valence electrons. The van der Waals surface area contributed by atoms with Gasteiger partial charge in [0.05, 0.1) is 13.0 Å². The van der Waals surface area contributed by atoms with Gasteiger partial charge in [-0.1, -0.05) is 30.3 Å². The average molecular weight is 407 g/mol. The van der Waals surface area contributed by atoms with Crippen LogP contribution in [0.15, 0.2) is 30.3 Å². The number of nitrogens with one attached hydrogen (secondary N) is 2. The van der Waals surface area contributed by atoms with Gasteiger partial charge < -0.3 is 25.0 Å². The number of aryl methyl sites for hydroxylation is 1. The van der Waals surface area contributed by atoms with Crippen LogP contribution in [0.4, 0.5) is 0 Å². The molecule has 1 atom stereocenters. The van der Waals surface area contributed by atoms with Crippen LogP contribution >= 0.6 is 12.2 Å². The van der Waals surface area contributed by atoms with E-state index in [1.807, 2.05) is 30.3 Å². The molecule has 1 heterocycles. The van der Waals surface area contributed by atoms with E-state index in [1.165, 1.54) is 7.11 Å². The van der Waals surface area contributed by atoms with Gasteiger partial charge in [0.2, 0.25) is 11.8 Å². The number of rotatable bonds is 8. The zero-order valence-electron chi connectivity index (χ0n) is 15.8. The maximum Gasteiger partial charge on any atom is 0.308 e. The van der Waals surface area contributed by atoms with Crippen LogP contribution < -0.4 is 10.6 Å². The Morgan fingerprint density at radius 1 is 1.29 bits per heavy atom. The summed E-state index contributed by atoms with van der Waals surface area (Å²) in [5, 5.41) is 5.51. The molecule has 0 spiro atoms. The molecule has 0 saturated carbocycles. The van der Waals surface area contributed by atoms with Crippen molar-refractivity contribution in [3.63, 3.8) is 0 Å². The number of thiocarbonyl (C=S) groups is 1. The van der Waals surface area contributed by atoms with Crippen molar-refractivity contribution in [3.8, 4) is 0 Å². The summed E-state index contributed by atoms with van der Waals surface area (Å²) in [6, 6.07) is 8.84. The molecule has 28 heavy (non-hydrogen) atoms. The number of esters is 1. The Balaban J connectivity index is 1.88. The predicted molar refractivity (Wildman–Crippen MR) is 106 cm³/mol. The highest BCUT2D eigenvalue weighted by Gasteiger charge is 2.34. The van der Waals surface area contributed by atoms with Crippen LogP contribution in [0.3, 0.4) is 0 Å². The van der Waals surface area contributed by atoms with Crippen molar-refractivity contribution in [2.24, 2.45) is 0 Å². The molecule has 1 aromatic carbocycles. The van der Waals surface area contributed by atoms with Crippen LogP contribution in [0.5, 0.6) is 0 Å². The van der Waals surface area contributed by atoms with Crippen LogP contribution in [0.1, 0.15) is 18.4 Å². The fourth-order valence-corrected chi connectivity index (χ4v) is 3.10. The molecule has 1 saturated heterocycles. The van der Waals surface area contributed by atoms with E-state index < -0.39 is 12.0 Å². The maximum atomic E-state index is 12.2. The molecule has 1 unspecified atom stereocenters. The highest BCUT2D eigenvalue weighted by Crippen LogP contribution is 2.11. The lowest BCUT2D eigenvalue weighted by Gasteiger charge is -2.36. The second kappa shape index (κ2) is 11.4. The van der Waals surface area contributed by atoms with E-state index in [2.05, 4.69) is 10.6 Å². The van der Waals surface area contributed by atoms with E-state index in [0.717, 1.165) is 5.56 Å². The first-order chi connectivity index (χ1) is 13.5. The molecule has 9 heteroatoms. The predicted octanol–water partition coefficient (Wildman–Crippen LogP) is 0.400. The summed E-state index contributed by atoms with van der Waals surface area (Å²) in [7, 11) is 1.50. The monoisotopic (exact) mass is 407 g/mol. The van der Waals surface area contributed by atoms with E-state index in [9.17, 15) is 14.4 Å². The Morgan fingerprint density at radius 3 is 2.75 bits per heavy atom. The molecule has 0 radical (unpaired) electrons. The normalized spacial score (nSPS) is 16.2. The number of amides is 2. The zero-order chi connectivity index (χ0) is 20.4. The van der Waals surface area contributed by atoms with Crippen LogP contribution in [0.25, 0.3) is 0 Å². The molecule has 0 bridgehead atoms. The number of carbonyl (C=O) groups excluding carboxylic acids is 3. The first-order valence-corrected chi connectivity index (χ1v) is 9.48. The standard InChI is InChI=1S/C19H25N3O5S/c1-26-11-12-27-17(24)13-15-18(25)20-9-10-22(15)19(28)21-16(23)8-7-14-5-3-2-4-6-14/h2-6,15H,7-13H2,1H3,(H,20,25)(H,21,23,28). The van der Waals surface area contributed by atoms with Crippen LogP contribution in [0, 0.1) is 0 Å². The van der Waals surface area contributed by atoms with Crippen LogP contribution in [-0.4, -0.2) is 67.3 Å². The Labute approximate surface area is 169 Å². The van der Waals surface area contributed by atoms with Gasteiger partial charge in [0.1, 0.15) is 12.6 Å². The number of piperazine rings is 1. The van der Waals surface area contributed by atoms with E-state index in [4.69, 9.17) is 21.7 Å². The van der Waals surface area contributed by atoms with Crippen molar-refractivity contribution in [2.75, 3.05) is 33.4 Å². The quantitative estimate of drug-likeness (QED) is 0.366. The Hall–Kier alpha value is -2.52. The smallest absolute Gasteiger partial charge is 0.308 e. The van der Waals surface area contributed by atoms with Gasteiger partial charge in [0.25, 0.3) is 0 Å². The Kier molecular flexibility index (Phi) is 8.83. The highest BCUT2D eigenvalue weighted by molar-refractivity contribution is 7.80. The summed E-state index contributed by atoms with van der Waals surface area (Å²) in [4.78, 5) is 38.0. The second-order valence-corrected chi connectivity index (χ2v) is 6.64. The molecule has 2 rings (SSSR count). The number of ether oxygens (including phenoxy) is 2. The Bertz CT molecular complexity index is 698. The minimum Gasteiger partial charge on any atom is -0.463 e. The van der Waals surface area contributed by atoms with Crippen molar-refractivity contribution in [1.29, 1.82) is 0 Å². The summed E-state index contributed by atoms with van der Waals surface area (Å²) < 4.78 is 9.86. The fraction of sp³-hybridized carbons (Fsp3) is 0.474. The van der Waals surface area contributed by atoms with Crippen LogP contribution in [0.2, 0.25) is 0 Å². The first kappa shape index (κ1) is 21.8. The molecule has 0 aliphatic carbocycles. The molecule has 8 nitrogen and oxygen atoms in total. The maximum absolute atomic E-state index is 12.2. The lowest BCUT2D eigenvalue weighted by atomic mass is 10.1.